The Morgan fingerprint density at radius 2 is 2.03 bits per heavy atom. The first-order valence-corrected chi connectivity index (χ1v) is 11.6. The van der Waals surface area contributed by atoms with Crippen LogP contribution in [0.15, 0.2) is 55.0 Å². The van der Waals surface area contributed by atoms with E-state index in [4.69, 9.17) is 10.5 Å². The lowest BCUT2D eigenvalue weighted by Gasteiger charge is -2.29. The van der Waals surface area contributed by atoms with Crippen LogP contribution in [0.4, 0.5) is 0 Å². The second kappa shape index (κ2) is 9.70. The van der Waals surface area contributed by atoms with Gasteiger partial charge in [-0.3, -0.25) is 14.9 Å². The SMILES string of the molecule is Cc1cccc(-c2[nH]cnc2-c2ccc3ncc(C(=O)OCCN4CCC(N)CC4)cc3c2)n1. The van der Waals surface area contributed by atoms with E-state index in [9.17, 15) is 4.79 Å². The number of nitrogens with zero attached hydrogens (tertiary/aromatic N) is 4. The summed E-state index contributed by atoms with van der Waals surface area (Å²) >= 11 is 0. The Balaban J connectivity index is 1.32. The average molecular weight is 457 g/mol. The molecule has 0 unspecified atom stereocenters. The Labute approximate surface area is 198 Å². The summed E-state index contributed by atoms with van der Waals surface area (Å²) in [6.45, 7) is 4.94. The van der Waals surface area contributed by atoms with Crippen LogP contribution in [0, 0.1) is 6.92 Å². The van der Waals surface area contributed by atoms with Crippen LogP contribution < -0.4 is 5.73 Å². The third kappa shape index (κ3) is 4.83. The molecule has 3 N–H and O–H groups in total. The highest BCUT2D eigenvalue weighted by molar-refractivity contribution is 5.95. The number of pyridine rings is 2. The Hall–Kier alpha value is -3.62. The van der Waals surface area contributed by atoms with Crippen molar-refractivity contribution in [2.45, 2.75) is 25.8 Å². The number of H-pyrrole nitrogens is 1. The van der Waals surface area contributed by atoms with E-state index >= 15 is 0 Å². The highest BCUT2D eigenvalue weighted by atomic mass is 16.5. The van der Waals surface area contributed by atoms with Crippen molar-refractivity contribution in [1.82, 2.24) is 24.8 Å². The minimum Gasteiger partial charge on any atom is -0.461 e. The van der Waals surface area contributed by atoms with E-state index in [1.165, 1.54) is 0 Å². The number of benzene rings is 1. The molecule has 0 radical (unpaired) electrons. The van der Waals surface area contributed by atoms with Gasteiger partial charge < -0.3 is 15.5 Å². The van der Waals surface area contributed by atoms with Gasteiger partial charge in [-0.2, -0.15) is 0 Å². The number of rotatable bonds is 6. The van der Waals surface area contributed by atoms with E-state index in [1.54, 1.807) is 12.5 Å². The topological polar surface area (TPSA) is 110 Å². The molecular weight excluding hydrogens is 428 g/mol. The molecule has 4 aromatic rings. The number of aromatic amines is 1. The lowest BCUT2D eigenvalue weighted by Crippen LogP contribution is -2.41. The predicted molar refractivity (Wildman–Crippen MR) is 131 cm³/mol. The number of fused-ring (bicyclic) bond motifs is 1. The normalized spacial score (nSPS) is 15.0. The van der Waals surface area contributed by atoms with E-state index in [-0.39, 0.29) is 12.0 Å². The van der Waals surface area contributed by atoms with Crippen molar-refractivity contribution in [1.29, 1.82) is 0 Å². The number of piperidine rings is 1. The number of hydrogen-bond donors (Lipinski definition) is 2. The number of ether oxygens (including phenoxy) is 1. The maximum atomic E-state index is 12.6. The number of nitrogens with two attached hydrogens (primary N) is 1. The van der Waals surface area contributed by atoms with E-state index in [1.807, 2.05) is 49.4 Å². The van der Waals surface area contributed by atoms with Crippen LogP contribution in [-0.4, -0.2) is 63.1 Å². The molecule has 1 fully saturated rings. The zero-order valence-electron chi connectivity index (χ0n) is 19.2. The monoisotopic (exact) mass is 456 g/mol. The van der Waals surface area contributed by atoms with Crippen molar-refractivity contribution in [3.63, 3.8) is 0 Å². The summed E-state index contributed by atoms with van der Waals surface area (Å²) < 4.78 is 5.52. The largest absolute Gasteiger partial charge is 0.461 e. The smallest absolute Gasteiger partial charge is 0.339 e. The van der Waals surface area contributed by atoms with Crippen molar-refractivity contribution in [3.05, 3.63) is 66.2 Å². The molecule has 0 bridgehead atoms. The second-order valence-corrected chi connectivity index (χ2v) is 8.74. The van der Waals surface area contributed by atoms with Crippen molar-refractivity contribution >= 4 is 16.9 Å². The Morgan fingerprint density at radius 1 is 1.18 bits per heavy atom. The molecule has 8 nitrogen and oxygen atoms in total. The van der Waals surface area contributed by atoms with Crippen molar-refractivity contribution in [2.24, 2.45) is 5.73 Å². The average Bonchev–Trinajstić information content (AvgIpc) is 3.35. The van der Waals surface area contributed by atoms with Gasteiger partial charge in [0.05, 0.1) is 34.5 Å². The molecule has 0 atom stereocenters. The lowest BCUT2D eigenvalue weighted by atomic mass is 10.0. The molecule has 0 amide bonds. The van der Waals surface area contributed by atoms with Gasteiger partial charge in [0.25, 0.3) is 0 Å². The van der Waals surface area contributed by atoms with E-state index in [2.05, 4.69) is 24.8 Å². The van der Waals surface area contributed by atoms with Gasteiger partial charge >= 0.3 is 5.97 Å². The molecule has 1 saturated heterocycles. The summed E-state index contributed by atoms with van der Waals surface area (Å²) in [5.41, 5.74) is 11.5. The highest BCUT2D eigenvalue weighted by Crippen LogP contribution is 2.30. The quantitative estimate of drug-likeness (QED) is 0.427. The van der Waals surface area contributed by atoms with Crippen LogP contribution in [0.1, 0.15) is 28.9 Å². The van der Waals surface area contributed by atoms with E-state index in [0.29, 0.717) is 12.2 Å². The van der Waals surface area contributed by atoms with Gasteiger partial charge in [0.2, 0.25) is 0 Å². The molecule has 3 aromatic heterocycles. The fourth-order valence-corrected chi connectivity index (χ4v) is 4.31. The van der Waals surface area contributed by atoms with Crippen LogP contribution in [0.3, 0.4) is 0 Å². The van der Waals surface area contributed by atoms with Gasteiger partial charge in [0.1, 0.15) is 6.61 Å². The maximum absolute atomic E-state index is 12.6. The zero-order chi connectivity index (χ0) is 23.5. The lowest BCUT2D eigenvalue weighted by molar-refractivity contribution is 0.0448. The molecule has 1 aliphatic heterocycles. The first-order chi connectivity index (χ1) is 16.6. The second-order valence-electron chi connectivity index (χ2n) is 8.74. The predicted octanol–water partition coefficient (Wildman–Crippen LogP) is 3.58. The molecule has 0 saturated carbocycles. The molecule has 1 aliphatic rings. The van der Waals surface area contributed by atoms with Crippen molar-refractivity contribution in [2.75, 3.05) is 26.2 Å². The number of hydrogen-bond acceptors (Lipinski definition) is 7. The summed E-state index contributed by atoms with van der Waals surface area (Å²) in [6, 6.07) is 13.9. The molecule has 0 spiro atoms. The molecular formula is C26H28N6O2. The molecule has 1 aromatic carbocycles. The summed E-state index contributed by atoms with van der Waals surface area (Å²) in [6.07, 6.45) is 5.22. The fraction of sp³-hybridized carbons (Fsp3) is 0.308. The Bertz CT molecular complexity index is 1310. The van der Waals surface area contributed by atoms with Crippen LogP contribution in [0.25, 0.3) is 33.5 Å². The van der Waals surface area contributed by atoms with Gasteiger partial charge in [0.15, 0.2) is 0 Å². The van der Waals surface area contributed by atoms with Gasteiger partial charge in [-0.05, 0) is 63.2 Å². The summed E-state index contributed by atoms with van der Waals surface area (Å²) in [5.74, 6) is -0.363. The first kappa shape index (κ1) is 22.2. The van der Waals surface area contributed by atoms with Crippen LogP contribution in [0.2, 0.25) is 0 Å². The number of aryl methyl sites for hydroxylation is 1. The molecule has 34 heavy (non-hydrogen) atoms. The number of esters is 1. The molecule has 4 heterocycles. The fourth-order valence-electron chi connectivity index (χ4n) is 4.31. The van der Waals surface area contributed by atoms with Crippen LogP contribution in [-0.2, 0) is 4.74 Å². The highest BCUT2D eigenvalue weighted by Gasteiger charge is 2.17. The molecule has 8 heteroatoms. The Kier molecular flexibility index (Phi) is 6.33. The number of aromatic nitrogens is 4. The van der Waals surface area contributed by atoms with Gasteiger partial charge in [-0.15, -0.1) is 0 Å². The van der Waals surface area contributed by atoms with Gasteiger partial charge in [-0.25, -0.2) is 9.78 Å². The van der Waals surface area contributed by atoms with Crippen LogP contribution in [0.5, 0.6) is 0 Å². The molecule has 0 aliphatic carbocycles. The standard InChI is InChI=1S/C26H28N6O2/c1-17-3-2-4-23(31-17)25-24(29-16-30-25)18-5-6-22-19(13-18)14-20(15-28-22)26(33)34-12-11-32-9-7-21(27)8-10-32/h2-6,13-16,21H,7-12,27H2,1H3,(H,29,30). The minimum absolute atomic E-state index is 0.290. The van der Waals surface area contributed by atoms with E-state index < -0.39 is 0 Å². The van der Waals surface area contributed by atoms with Crippen molar-refractivity contribution < 1.29 is 9.53 Å². The minimum atomic E-state index is -0.363. The van der Waals surface area contributed by atoms with Gasteiger partial charge in [0, 0.05) is 35.4 Å². The third-order valence-electron chi connectivity index (χ3n) is 6.25. The van der Waals surface area contributed by atoms with Crippen LogP contribution >= 0.6 is 0 Å². The summed E-state index contributed by atoms with van der Waals surface area (Å²) in [4.78, 5) is 31.7. The number of carbonyl (C=O) groups is 1. The third-order valence-corrected chi connectivity index (χ3v) is 6.25. The van der Waals surface area contributed by atoms with Gasteiger partial charge in [-0.1, -0.05) is 12.1 Å². The number of likely N-dealkylation sites (tertiary alicyclic amines) is 1. The number of carbonyl (C=O) groups excluding carboxylic acids is 1. The zero-order valence-corrected chi connectivity index (χ0v) is 19.2. The maximum Gasteiger partial charge on any atom is 0.339 e. The summed E-state index contributed by atoms with van der Waals surface area (Å²) in [5, 5.41) is 0.850. The number of imidazole rings is 1. The Morgan fingerprint density at radius 3 is 2.85 bits per heavy atom. The summed E-state index contributed by atoms with van der Waals surface area (Å²) in [7, 11) is 0. The molecule has 5 rings (SSSR count). The molecule has 174 valence electrons. The van der Waals surface area contributed by atoms with Crippen molar-refractivity contribution in [3.8, 4) is 22.6 Å². The van der Waals surface area contributed by atoms with E-state index in [0.717, 1.165) is 71.7 Å². The number of nitrogens with one attached hydrogen (secondary N) is 1. The first-order valence-electron chi connectivity index (χ1n) is 11.6.